The predicted octanol–water partition coefficient (Wildman–Crippen LogP) is 4.50. The molecule has 0 unspecified atom stereocenters. The van der Waals surface area contributed by atoms with Crippen LogP contribution >= 0.6 is 11.6 Å². The van der Waals surface area contributed by atoms with Gasteiger partial charge in [0.2, 0.25) is 0 Å². The highest BCUT2D eigenvalue weighted by Crippen LogP contribution is 2.24. The second kappa shape index (κ2) is 4.95. The zero-order valence-corrected chi connectivity index (χ0v) is 11.5. The fourth-order valence-corrected chi connectivity index (χ4v) is 2.25. The van der Waals surface area contributed by atoms with Gasteiger partial charge in [-0.2, -0.15) is 0 Å². The van der Waals surface area contributed by atoms with Crippen molar-refractivity contribution in [3.8, 4) is 0 Å². The highest BCUT2D eigenvalue weighted by atomic mass is 35.5. The van der Waals surface area contributed by atoms with E-state index in [1.807, 2.05) is 51.1 Å². The molecule has 2 aromatic rings. The van der Waals surface area contributed by atoms with Crippen molar-refractivity contribution in [3.05, 3.63) is 69.2 Å². The standard InChI is InChI=1S/C16H15ClO/c1-10-7-8-13(12(3)9-10)16(18)14-6-4-5-11(2)15(14)17/h4-9H,1-3H3. The summed E-state index contributed by atoms with van der Waals surface area (Å²) in [5.41, 5.74) is 4.35. The summed E-state index contributed by atoms with van der Waals surface area (Å²) in [5.74, 6) is -0.0128. The van der Waals surface area contributed by atoms with E-state index in [0.717, 1.165) is 16.7 Å². The van der Waals surface area contributed by atoms with E-state index >= 15 is 0 Å². The fraction of sp³-hybridized carbons (Fsp3) is 0.188. The molecular weight excluding hydrogens is 244 g/mol. The van der Waals surface area contributed by atoms with Crippen molar-refractivity contribution >= 4 is 17.4 Å². The third-order valence-corrected chi connectivity index (χ3v) is 3.56. The van der Waals surface area contributed by atoms with Crippen LogP contribution in [0.3, 0.4) is 0 Å². The van der Waals surface area contributed by atoms with E-state index in [1.165, 1.54) is 0 Å². The molecule has 0 heterocycles. The van der Waals surface area contributed by atoms with Crippen LogP contribution in [0, 0.1) is 20.8 Å². The topological polar surface area (TPSA) is 17.1 Å². The van der Waals surface area contributed by atoms with Crippen LogP contribution in [0.2, 0.25) is 5.02 Å². The molecular formula is C16H15ClO. The van der Waals surface area contributed by atoms with Crippen molar-refractivity contribution < 1.29 is 4.79 Å². The lowest BCUT2D eigenvalue weighted by Crippen LogP contribution is -2.05. The van der Waals surface area contributed by atoms with E-state index in [1.54, 1.807) is 6.07 Å². The molecule has 0 N–H and O–H groups in total. The van der Waals surface area contributed by atoms with Crippen molar-refractivity contribution in [3.63, 3.8) is 0 Å². The van der Waals surface area contributed by atoms with Gasteiger partial charge in [-0.15, -0.1) is 0 Å². The maximum absolute atomic E-state index is 12.5. The zero-order valence-electron chi connectivity index (χ0n) is 10.8. The first-order valence-corrected chi connectivity index (χ1v) is 6.25. The molecule has 1 nitrogen and oxygen atoms in total. The highest BCUT2D eigenvalue weighted by molar-refractivity contribution is 6.35. The summed E-state index contributed by atoms with van der Waals surface area (Å²) < 4.78 is 0. The van der Waals surface area contributed by atoms with Crippen molar-refractivity contribution in [1.29, 1.82) is 0 Å². The number of carbonyl (C=O) groups excluding carboxylic acids is 1. The number of hydrogen-bond donors (Lipinski definition) is 0. The summed E-state index contributed by atoms with van der Waals surface area (Å²) in [6.45, 7) is 5.87. The minimum Gasteiger partial charge on any atom is -0.289 e. The Morgan fingerprint density at radius 3 is 2.33 bits per heavy atom. The molecule has 0 aromatic heterocycles. The van der Waals surface area contributed by atoms with Gasteiger partial charge >= 0.3 is 0 Å². The molecule has 0 aliphatic carbocycles. The summed E-state index contributed by atoms with van der Waals surface area (Å²) in [7, 11) is 0. The van der Waals surface area contributed by atoms with E-state index in [2.05, 4.69) is 0 Å². The van der Waals surface area contributed by atoms with E-state index in [9.17, 15) is 4.79 Å². The fourth-order valence-electron chi connectivity index (χ4n) is 2.04. The summed E-state index contributed by atoms with van der Waals surface area (Å²) in [6, 6.07) is 11.4. The Morgan fingerprint density at radius 1 is 0.944 bits per heavy atom. The lowest BCUT2D eigenvalue weighted by molar-refractivity contribution is 0.103. The van der Waals surface area contributed by atoms with Crippen molar-refractivity contribution in [2.75, 3.05) is 0 Å². The van der Waals surface area contributed by atoms with Crippen LogP contribution in [-0.4, -0.2) is 5.78 Å². The van der Waals surface area contributed by atoms with Gasteiger partial charge in [0.15, 0.2) is 5.78 Å². The predicted molar refractivity (Wildman–Crippen MR) is 75.5 cm³/mol. The number of aryl methyl sites for hydroxylation is 3. The summed E-state index contributed by atoms with van der Waals surface area (Å²) >= 11 is 6.20. The second-order valence-corrected chi connectivity index (χ2v) is 4.96. The van der Waals surface area contributed by atoms with Crippen molar-refractivity contribution in [2.24, 2.45) is 0 Å². The van der Waals surface area contributed by atoms with E-state index in [0.29, 0.717) is 16.1 Å². The second-order valence-electron chi connectivity index (χ2n) is 4.58. The largest absolute Gasteiger partial charge is 0.289 e. The molecule has 18 heavy (non-hydrogen) atoms. The minimum atomic E-state index is -0.0128. The molecule has 2 aromatic carbocycles. The average molecular weight is 259 g/mol. The number of hydrogen-bond acceptors (Lipinski definition) is 1. The van der Waals surface area contributed by atoms with Crippen molar-refractivity contribution in [1.82, 2.24) is 0 Å². The Labute approximate surface area is 112 Å². The number of carbonyl (C=O) groups is 1. The van der Waals surface area contributed by atoms with Crippen LogP contribution in [0.4, 0.5) is 0 Å². The molecule has 2 heteroatoms. The SMILES string of the molecule is Cc1ccc(C(=O)c2cccc(C)c2Cl)c(C)c1. The van der Waals surface area contributed by atoms with Gasteiger partial charge in [-0.25, -0.2) is 0 Å². The number of rotatable bonds is 2. The van der Waals surface area contributed by atoms with Crippen LogP contribution < -0.4 is 0 Å². The Bertz CT molecular complexity index is 614. The van der Waals surface area contributed by atoms with Crippen LogP contribution in [0.25, 0.3) is 0 Å². The first kappa shape index (κ1) is 12.8. The van der Waals surface area contributed by atoms with Crippen molar-refractivity contribution in [2.45, 2.75) is 20.8 Å². The van der Waals surface area contributed by atoms with Gasteiger partial charge in [0.1, 0.15) is 0 Å². The molecule has 92 valence electrons. The molecule has 0 aliphatic heterocycles. The maximum Gasteiger partial charge on any atom is 0.194 e. The van der Waals surface area contributed by atoms with Crippen LogP contribution in [0.1, 0.15) is 32.6 Å². The van der Waals surface area contributed by atoms with Crippen LogP contribution in [0.15, 0.2) is 36.4 Å². The Balaban J connectivity index is 2.51. The minimum absolute atomic E-state index is 0.0128. The number of ketones is 1. The Kier molecular flexibility index (Phi) is 3.53. The molecule has 0 radical (unpaired) electrons. The third-order valence-electron chi connectivity index (χ3n) is 3.06. The van der Waals surface area contributed by atoms with E-state index < -0.39 is 0 Å². The Hall–Kier alpha value is -1.60. The molecule has 0 spiro atoms. The third kappa shape index (κ3) is 2.32. The summed E-state index contributed by atoms with van der Waals surface area (Å²) in [6.07, 6.45) is 0. The van der Waals surface area contributed by atoms with Gasteiger partial charge in [-0.3, -0.25) is 4.79 Å². The molecule has 0 amide bonds. The quantitative estimate of drug-likeness (QED) is 0.725. The highest BCUT2D eigenvalue weighted by Gasteiger charge is 2.15. The molecule has 2 rings (SSSR count). The summed E-state index contributed by atoms with van der Waals surface area (Å²) in [5, 5.41) is 0.544. The van der Waals surface area contributed by atoms with Crippen LogP contribution in [0.5, 0.6) is 0 Å². The van der Waals surface area contributed by atoms with Gasteiger partial charge in [-0.05, 0) is 38.0 Å². The molecule has 0 atom stereocenters. The molecule has 0 saturated heterocycles. The molecule has 0 bridgehead atoms. The summed E-state index contributed by atoms with van der Waals surface area (Å²) in [4.78, 5) is 12.5. The van der Waals surface area contributed by atoms with Gasteiger partial charge in [0.25, 0.3) is 0 Å². The van der Waals surface area contributed by atoms with E-state index in [4.69, 9.17) is 11.6 Å². The van der Waals surface area contributed by atoms with E-state index in [-0.39, 0.29) is 5.78 Å². The Morgan fingerprint density at radius 2 is 1.67 bits per heavy atom. The average Bonchev–Trinajstić information content (AvgIpc) is 2.32. The first-order chi connectivity index (χ1) is 8.50. The first-order valence-electron chi connectivity index (χ1n) is 5.88. The van der Waals surface area contributed by atoms with Gasteiger partial charge in [0, 0.05) is 11.1 Å². The zero-order chi connectivity index (χ0) is 13.3. The lowest BCUT2D eigenvalue weighted by Gasteiger charge is -2.09. The molecule has 0 saturated carbocycles. The monoisotopic (exact) mass is 258 g/mol. The maximum atomic E-state index is 12.5. The molecule has 0 aliphatic rings. The lowest BCUT2D eigenvalue weighted by atomic mass is 9.97. The molecule has 0 fully saturated rings. The van der Waals surface area contributed by atoms with Crippen LogP contribution in [-0.2, 0) is 0 Å². The normalized spacial score (nSPS) is 10.4. The van der Waals surface area contributed by atoms with Gasteiger partial charge in [-0.1, -0.05) is 47.5 Å². The van der Waals surface area contributed by atoms with Gasteiger partial charge in [0.05, 0.1) is 5.02 Å². The number of halogens is 1. The number of benzene rings is 2. The van der Waals surface area contributed by atoms with Gasteiger partial charge < -0.3 is 0 Å². The smallest absolute Gasteiger partial charge is 0.194 e.